The van der Waals surface area contributed by atoms with E-state index >= 15 is 0 Å². The van der Waals surface area contributed by atoms with Gasteiger partial charge in [0, 0.05) is 12.3 Å². The van der Waals surface area contributed by atoms with E-state index in [0.29, 0.717) is 5.92 Å². The molecule has 2 atom stereocenters. The number of nitrogens with zero attached hydrogens (tertiary/aromatic N) is 1. The van der Waals surface area contributed by atoms with Crippen LogP contribution in [-0.2, 0) is 0 Å². The fourth-order valence-corrected chi connectivity index (χ4v) is 5.02. The van der Waals surface area contributed by atoms with E-state index in [1.807, 2.05) is 11.8 Å². The molecule has 4 rings (SSSR count). The van der Waals surface area contributed by atoms with E-state index < -0.39 is 5.60 Å². The van der Waals surface area contributed by atoms with E-state index in [1.54, 1.807) is 0 Å². The molecule has 0 saturated carbocycles. The lowest BCUT2D eigenvalue weighted by Crippen LogP contribution is -2.75. The van der Waals surface area contributed by atoms with Gasteiger partial charge in [0.25, 0.3) is 0 Å². The zero-order valence-corrected chi connectivity index (χ0v) is 10.6. The van der Waals surface area contributed by atoms with Crippen LogP contribution in [0.2, 0.25) is 0 Å². The van der Waals surface area contributed by atoms with Gasteiger partial charge in [0.1, 0.15) is 0 Å². The average molecular weight is 242 g/mol. The zero-order chi connectivity index (χ0) is 11.2. The molecule has 2 unspecified atom stereocenters. The van der Waals surface area contributed by atoms with Gasteiger partial charge in [-0.3, -0.25) is 0 Å². The second-order valence-electron chi connectivity index (χ2n) is 5.78. The maximum atomic E-state index is 10.9. The molecule has 0 aromatic rings. The summed E-state index contributed by atoms with van der Waals surface area (Å²) in [6.45, 7) is 3.29. The van der Waals surface area contributed by atoms with E-state index in [-0.39, 0.29) is 5.54 Å². The monoisotopic (exact) mass is 242 g/mol. The molecule has 92 valence electrons. The van der Waals surface area contributed by atoms with Crippen LogP contribution in [-0.4, -0.2) is 52.3 Å². The molecular weight excluding hydrogens is 220 g/mol. The molecule has 0 spiro atoms. The summed E-state index contributed by atoms with van der Waals surface area (Å²) >= 11 is 1.87. The summed E-state index contributed by atoms with van der Waals surface area (Å²) < 4.78 is 0. The third kappa shape index (κ3) is 1.54. The lowest BCUT2D eigenvalue weighted by molar-refractivity contribution is -0.107. The molecule has 0 aliphatic carbocycles. The minimum absolute atomic E-state index is 0.336. The van der Waals surface area contributed by atoms with Crippen LogP contribution in [0, 0.1) is 5.92 Å². The molecule has 4 aliphatic heterocycles. The van der Waals surface area contributed by atoms with Crippen LogP contribution >= 0.6 is 11.8 Å². The van der Waals surface area contributed by atoms with Gasteiger partial charge < -0.3 is 15.7 Å². The van der Waals surface area contributed by atoms with Crippen molar-refractivity contribution in [1.29, 1.82) is 0 Å². The van der Waals surface area contributed by atoms with Gasteiger partial charge >= 0.3 is 0 Å². The van der Waals surface area contributed by atoms with Crippen molar-refractivity contribution in [2.45, 2.75) is 36.8 Å². The number of thioether (sulfide) groups is 1. The molecule has 4 saturated heterocycles. The molecule has 4 fully saturated rings. The van der Waals surface area contributed by atoms with Gasteiger partial charge in [-0.1, -0.05) is 0 Å². The third-order valence-electron chi connectivity index (χ3n) is 4.89. The molecule has 0 aromatic carbocycles. The molecule has 4 heteroatoms. The van der Waals surface area contributed by atoms with Crippen molar-refractivity contribution in [3.05, 3.63) is 0 Å². The first kappa shape index (κ1) is 11.3. The smallest absolute Gasteiger partial charge is 0.0931 e. The van der Waals surface area contributed by atoms with E-state index in [2.05, 4.69) is 4.90 Å². The second kappa shape index (κ2) is 3.87. The molecule has 3 N–H and O–H groups in total. The van der Waals surface area contributed by atoms with Crippen molar-refractivity contribution in [3.63, 3.8) is 0 Å². The molecule has 16 heavy (non-hydrogen) atoms. The molecule has 3 nitrogen and oxygen atoms in total. The Bertz CT molecular complexity index is 272. The molecule has 4 heterocycles. The van der Waals surface area contributed by atoms with Crippen LogP contribution < -0.4 is 5.73 Å². The van der Waals surface area contributed by atoms with E-state index in [4.69, 9.17) is 5.73 Å². The van der Waals surface area contributed by atoms with Gasteiger partial charge in [-0.05, 0) is 50.4 Å². The summed E-state index contributed by atoms with van der Waals surface area (Å²) in [5, 5.41) is 10.9. The summed E-state index contributed by atoms with van der Waals surface area (Å²) in [4.78, 5) is 2.44. The number of piperidine rings is 3. The number of hydrogen-bond donors (Lipinski definition) is 2. The highest BCUT2D eigenvalue weighted by Crippen LogP contribution is 2.45. The Hall–Kier alpha value is 0.230. The molecule has 2 bridgehead atoms. The Kier molecular flexibility index (Phi) is 2.74. The largest absolute Gasteiger partial charge is 0.387 e. The van der Waals surface area contributed by atoms with Crippen LogP contribution in [0.3, 0.4) is 0 Å². The Labute approximate surface area is 102 Å². The number of rotatable bonds is 1. The first-order valence-corrected chi connectivity index (χ1v) is 7.61. The van der Waals surface area contributed by atoms with Crippen LogP contribution in [0.15, 0.2) is 0 Å². The predicted octanol–water partition coefficient (Wildman–Crippen LogP) is 0.668. The van der Waals surface area contributed by atoms with Gasteiger partial charge in [-0.15, -0.1) is 0 Å². The Balaban J connectivity index is 1.86. The maximum absolute atomic E-state index is 10.9. The highest BCUT2D eigenvalue weighted by atomic mass is 32.2. The molecule has 4 aliphatic rings. The van der Waals surface area contributed by atoms with Crippen molar-refractivity contribution in [3.8, 4) is 0 Å². The molecule has 0 aromatic heterocycles. The lowest BCUT2D eigenvalue weighted by Gasteiger charge is -2.58. The summed E-state index contributed by atoms with van der Waals surface area (Å²) in [7, 11) is 0. The average Bonchev–Trinajstić information content (AvgIpc) is 2.31. The van der Waals surface area contributed by atoms with Crippen molar-refractivity contribution < 1.29 is 5.11 Å². The minimum Gasteiger partial charge on any atom is -0.387 e. The molecule has 0 radical (unpaired) electrons. The highest BCUT2D eigenvalue weighted by molar-refractivity contribution is 7.99. The van der Waals surface area contributed by atoms with Crippen LogP contribution in [0.4, 0.5) is 0 Å². The zero-order valence-electron chi connectivity index (χ0n) is 9.82. The molecular formula is C12H22N2OS. The van der Waals surface area contributed by atoms with Gasteiger partial charge in [0.2, 0.25) is 0 Å². The fraction of sp³-hybridized carbons (Fsp3) is 1.00. The molecule has 0 amide bonds. The summed E-state index contributed by atoms with van der Waals surface area (Å²) in [5.41, 5.74) is 5.70. The predicted molar refractivity (Wildman–Crippen MR) is 67.6 cm³/mol. The van der Waals surface area contributed by atoms with Crippen LogP contribution in [0.5, 0.6) is 0 Å². The van der Waals surface area contributed by atoms with Gasteiger partial charge in [0.15, 0.2) is 0 Å². The quantitative estimate of drug-likeness (QED) is 0.709. The summed E-state index contributed by atoms with van der Waals surface area (Å²) in [6, 6.07) is 0. The first-order valence-electron chi connectivity index (χ1n) is 6.45. The number of aliphatic hydroxyl groups is 1. The first-order chi connectivity index (χ1) is 7.64. The number of nitrogens with two attached hydrogens (primary N) is 1. The topological polar surface area (TPSA) is 49.5 Å². The van der Waals surface area contributed by atoms with Crippen molar-refractivity contribution in [2.24, 2.45) is 11.7 Å². The highest BCUT2D eigenvalue weighted by Gasteiger charge is 2.56. The standard InChI is InChI=1S/C12H22N2OS/c13-12(11(15)4-1-7-16-9-11)8-14-5-2-10(12)3-6-14/h10,15H,1-9,13H2. The minimum atomic E-state index is -0.611. The SMILES string of the molecule is NC1(C2(O)CCCSC2)CN2CCC1CC2. The summed E-state index contributed by atoms with van der Waals surface area (Å²) in [5.74, 6) is 2.57. The van der Waals surface area contributed by atoms with Crippen molar-refractivity contribution in [2.75, 3.05) is 31.1 Å². The Morgan fingerprint density at radius 2 is 2.06 bits per heavy atom. The Morgan fingerprint density at radius 1 is 1.31 bits per heavy atom. The Morgan fingerprint density at radius 3 is 2.56 bits per heavy atom. The van der Waals surface area contributed by atoms with Crippen LogP contribution in [0.1, 0.15) is 25.7 Å². The van der Waals surface area contributed by atoms with Crippen LogP contribution in [0.25, 0.3) is 0 Å². The van der Waals surface area contributed by atoms with Gasteiger partial charge in [-0.2, -0.15) is 11.8 Å². The van der Waals surface area contributed by atoms with Gasteiger partial charge in [0.05, 0.1) is 11.1 Å². The van der Waals surface area contributed by atoms with Crippen molar-refractivity contribution in [1.82, 2.24) is 4.90 Å². The summed E-state index contributed by atoms with van der Waals surface area (Å²) in [6.07, 6.45) is 4.39. The number of hydrogen-bond acceptors (Lipinski definition) is 4. The lowest BCUT2D eigenvalue weighted by atomic mass is 9.63. The van der Waals surface area contributed by atoms with E-state index in [0.717, 1.165) is 25.1 Å². The van der Waals surface area contributed by atoms with Gasteiger partial charge in [-0.25, -0.2) is 0 Å². The maximum Gasteiger partial charge on any atom is 0.0931 e. The van der Waals surface area contributed by atoms with E-state index in [1.165, 1.54) is 31.7 Å². The third-order valence-corrected chi connectivity index (χ3v) is 6.15. The van der Waals surface area contributed by atoms with E-state index in [9.17, 15) is 5.11 Å². The van der Waals surface area contributed by atoms with Crippen molar-refractivity contribution >= 4 is 11.8 Å². The normalized spacial score (nSPS) is 52.9. The fourth-order valence-electron chi connectivity index (χ4n) is 3.78. The second-order valence-corrected chi connectivity index (χ2v) is 6.88. The number of fused-ring (bicyclic) bond motifs is 3.